The van der Waals surface area contributed by atoms with Crippen molar-refractivity contribution in [2.75, 3.05) is 5.32 Å². The lowest BCUT2D eigenvalue weighted by molar-refractivity contribution is -0.107. The molecule has 0 aliphatic heterocycles. The van der Waals surface area contributed by atoms with E-state index in [0.29, 0.717) is 24.4 Å². The molecule has 166 valence electrons. The molecule has 0 atom stereocenters. The van der Waals surface area contributed by atoms with Crippen molar-refractivity contribution in [1.29, 1.82) is 0 Å². The predicted molar refractivity (Wildman–Crippen MR) is 131 cm³/mol. The van der Waals surface area contributed by atoms with Crippen LogP contribution in [0.2, 0.25) is 0 Å². The normalized spacial score (nSPS) is 13.2. The summed E-state index contributed by atoms with van der Waals surface area (Å²) in [5, 5.41) is 9.89. The number of hydrogen-bond acceptors (Lipinski definition) is 3. The van der Waals surface area contributed by atoms with E-state index < -0.39 is 0 Å². The van der Waals surface area contributed by atoms with Crippen molar-refractivity contribution in [3.63, 3.8) is 0 Å². The number of anilines is 1. The molecule has 5 nitrogen and oxygen atoms in total. The SMILES string of the molecule is CCc1c(CC=O)c(C2CC2)nn1Cc1ccc(NC(=O)c2cccc3ccccc23)cc1. The molecule has 0 unspecified atom stereocenters. The molecule has 33 heavy (non-hydrogen) atoms. The van der Waals surface area contributed by atoms with Gasteiger partial charge in [0, 0.05) is 34.8 Å². The van der Waals surface area contributed by atoms with Gasteiger partial charge in [-0.25, -0.2) is 0 Å². The highest BCUT2D eigenvalue weighted by molar-refractivity contribution is 6.12. The highest BCUT2D eigenvalue weighted by Gasteiger charge is 2.31. The number of amides is 1. The van der Waals surface area contributed by atoms with Crippen molar-refractivity contribution in [2.24, 2.45) is 0 Å². The summed E-state index contributed by atoms with van der Waals surface area (Å²) in [6, 6.07) is 21.6. The molecule has 1 fully saturated rings. The second-order valence-electron chi connectivity index (χ2n) is 8.64. The fourth-order valence-electron chi connectivity index (χ4n) is 4.56. The largest absolute Gasteiger partial charge is 0.322 e. The molecule has 0 radical (unpaired) electrons. The Kier molecular flexibility index (Phi) is 5.78. The molecule has 1 N–H and O–H groups in total. The zero-order valence-electron chi connectivity index (χ0n) is 18.8. The van der Waals surface area contributed by atoms with E-state index >= 15 is 0 Å². The van der Waals surface area contributed by atoms with E-state index in [1.165, 1.54) is 0 Å². The van der Waals surface area contributed by atoms with Gasteiger partial charge in [0.25, 0.3) is 5.91 Å². The molecule has 5 heteroatoms. The summed E-state index contributed by atoms with van der Waals surface area (Å²) in [5.74, 6) is 0.394. The number of aromatic nitrogens is 2. The lowest BCUT2D eigenvalue weighted by atomic mass is 10.0. The summed E-state index contributed by atoms with van der Waals surface area (Å²) in [7, 11) is 0. The molecular formula is C28H27N3O2. The third-order valence-electron chi connectivity index (χ3n) is 6.36. The molecule has 1 saturated carbocycles. The first-order valence-corrected chi connectivity index (χ1v) is 11.6. The summed E-state index contributed by atoms with van der Waals surface area (Å²) in [6.45, 7) is 2.77. The van der Waals surface area contributed by atoms with Gasteiger partial charge in [0.1, 0.15) is 6.29 Å². The minimum Gasteiger partial charge on any atom is -0.322 e. The Bertz CT molecular complexity index is 1310. The standard InChI is InChI=1S/C28H27N3O2/c1-2-26-25(16-17-32)27(21-12-13-21)30-31(26)18-19-10-14-22(15-11-19)29-28(33)24-9-5-7-20-6-3-4-8-23(20)24/h3-11,14-15,17,21H,2,12-13,16,18H2,1H3,(H,29,33). The topological polar surface area (TPSA) is 64.0 Å². The van der Waals surface area contributed by atoms with E-state index in [1.807, 2.05) is 66.7 Å². The fourth-order valence-corrected chi connectivity index (χ4v) is 4.56. The summed E-state index contributed by atoms with van der Waals surface area (Å²) in [4.78, 5) is 24.1. The van der Waals surface area contributed by atoms with Gasteiger partial charge >= 0.3 is 0 Å². The number of fused-ring (bicyclic) bond motifs is 1. The van der Waals surface area contributed by atoms with Gasteiger partial charge in [-0.05, 0) is 53.8 Å². The van der Waals surface area contributed by atoms with E-state index in [0.717, 1.165) is 64.5 Å². The van der Waals surface area contributed by atoms with Gasteiger partial charge in [0.2, 0.25) is 0 Å². The second-order valence-corrected chi connectivity index (χ2v) is 8.64. The van der Waals surface area contributed by atoms with Crippen LogP contribution in [-0.2, 0) is 24.2 Å². The number of carbonyl (C=O) groups excluding carboxylic acids is 2. The van der Waals surface area contributed by atoms with Gasteiger partial charge < -0.3 is 10.1 Å². The molecule has 0 spiro atoms. The molecule has 5 rings (SSSR count). The third kappa shape index (κ3) is 4.31. The highest BCUT2D eigenvalue weighted by atomic mass is 16.1. The van der Waals surface area contributed by atoms with Crippen molar-refractivity contribution in [3.05, 3.63) is 94.8 Å². The van der Waals surface area contributed by atoms with E-state index in [-0.39, 0.29) is 5.91 Å². The van der Waals surface area contributed by atoms with Gasteiger partial charge in [0.05, 0.1) is 12.2 Å². The number of rotatable bonds is 8. The third-order valence-corrected chi connectivity index (χ3v) is 6.36. The van der Waals surface area contributed by atoms with Crippen molar-refractivity contribution in [1.82, 2.24) is 9.78 Å². The Morgan fingerprint density at radius 3 is 2.55 bits per heavy atom. The van der Waals surface area contributed by atoms with Crippen LogP contribution in [0.15, 0.2) is 66.7 Å². The molecule has 3 aromatic carbocycles. The van der Waals surface area contributed by atoms with Gasteiger partial charge in [0.15, 0.2) is 0 Å². The van der Waals surface area contributed by atoms with Gasteiger partial charge in [-0.1, -0.05) is 55.5 Å². The lowest BCUT2D eigenvalue weighted by Gasteiger charge is -2.10. The molecule has 4 aromatic rings. The second kappa shape index (κ2) is 9.02. The molecule has 1 aliphatic carbocycles. The minimum absolute atomic E-state index is 0.118. The first-order valence-electron chi connectivity index (χ1n) is 11.6. The van der Waals surface area contributed by atoms with E-state index in [1.54, 1.807) is 0 Å². The Balaban J connectivity index is 1.34. The lowest BCUT2D eigenvalue weighted by Crippen LogP contribution is -2.12. The summed E-state index contributed by atoms with van der Waals surface area (Å²) in [5.41, 5.74) is 5.91. The van der Waals surface area contributed by atoms with Crippen molar-refractivity contribution >= 4 is 28.7 Å². The molecule has 0 bridgehead atoms. The van der Waals surface area contributed by atoms with Crippen LogP contribution in [-0.4, -0.2) is 22.0 Å². The predicted octanol–water partition coefficient (Wildman–Crippen LogP) is 5.52. The van der Waals surface area contributed by atoms with Crippen LogP contribution in [0.4, 0.5) is 5.69 Å². The Hall–Kier alpha value is -3.73. The van der Waals surface area contributed by atoms with Crippen LogP contribution in [0.1, 0.15) is 58.6 Å². The Morgan fingerprint density at radius 2 is 1.82 bits per heavy atom. The van der Waals surface area contributed by atoms with Crippen LogP contribution in [0.5, 0.6) is 0 Å². The van der Waals surface area contributed by atoms with Crippen LogP contribution >= 0.6 is 0 Å². The summed E-state index contributed by atoms with van der Waals surface area (Å²) in [6.07, 6.45) is 4.60. The number of benzene rings is 3. The average molecular weight is 438 g/mol. The number of nitrogens with zero attached hydrogens (tertiary/aromatic N) is 2. The van der Waals surface area contributed by atoms with Crippen molar-refractivity contribution in [2.45, 2.75) is 45.1 Å². The molecule has 1 heterocycles. The highest BCUT2D eigenvalue weighted by Crippen LogP contribution is 2.42. The van der Waals surface area contributed by atoms with E-state index in [4.69, 9.17) is 5.10 Å². The van der Waals surface area contributed by atoms with Crippen molar-refractivity contribution in [3.8, 4) is 0 Å². The van der Waals surface area contributed by atoms with Gasteiger partial charge in [-0.15, -0.1) is 0 Å². The van der Waals surface area contributed by atoms with Gasteiger partial charge in [-0.3, -0.25) is 9.48 Å². The summed E-state index contributed by atoms with van der Waals surface area (Å²) >= 11 is 0. The maximum atomic E-state index is 12.9. The quantitative estimate of drug-likeness (QED) is 0.369. The van der Waals surface area contributed by atoms with Crippen LogP contribution in [0, 0.1) is 0 Å². The van der Waals surface area contributed by atoms with Crippen LogP contribution < -0.4 is 5.32 Å². The molecule has 1 amide bonds. The Morgan fingerprint density at radius 1 is 1.06 bits per heavy atom. The smallest absolute Gasteiger partial charge is 0.256 e. The monoisotopic (exact) mass is 437 g/mol. The van der Waals surface area contributed by atoms with Crippen LogP contribution in [0.3, 0.4) is 0 Å². The number of hydrogen-bond donors (Lipinski definition) is 1. The molecular weight excluding hydrogens is 410 g/mol. The minimum atomic E-state index is -0.118. The molecule has 0 saturated heterocycles. The van der Waals surface area contributed by atoms with Gasteiger partial charge in [-0.2, -0.15) is 5.10 Å². The molecule has 1 aliphatic rings. The first-order chi connectivity index (χ1) is 16.2. The zero-order chi connectivity index (χ0) is 22.8. The fraction of sp³-hybridized carbons (Fsp3) is 0.250. The number of aldehydes is 1. The Labute approximate surface area is 193 Å². The first kappa shape index (κ1) is 21.1. The number of nitrogens with one attached hydrogen (secondary N) is 1. The van der Waals surface area contributed by atoms with E-state index in [9.17, 15) is 9.59 Å². The van der Waals surface area contributed by atoms with Crippen molar-refractivity contribution < 1.29 is 9.59 Å². The maximum absolute atomic E-state index is 12.9. The summed E-state index contributed by atoms with van der Waals surface area (Å²) < 4.78 is 2.05. The number of carbonyl (C=O) groups is 2. The van der Waals surface area contributed by atoms with Crippen LogP contribution in [0.25, 0.3) is 10.8 Å². The maximum Gasteiger partial charge on any atom is 0.256 e. The molecule has 1 aromatic heterocycles. The zero-order valence-corrected chi connectivity index (χ0v) is 18.8. The average Bonchev–Trinajstić information content (AvgIpc) is 3.63. The van der Waals surface area contributed by atoms with E-state index in [2.05, 4.69) is 16.9 Å².